The first-order valence-corrected chi connectivity index (χ1v) is 7.76. The number of benzene rings is 1. The number of piperidine rings is 1. The van der Waals surface area contributed by atoms with E-state index >= 15 is 0 Å². The number of nitrogens with zero attached hydrogens (tertiary/aromatic N) is 1. The summed E-state index contributed by atoms with van der Waals surface area (Å²) < 4.78 is 5.34. The van der Waals surface area contributed by atoms with Crippen LogP contribution in [0.4, 0.5) is 5.69 Å². The summed E-state index contributed by atoms with van der Waals surface area (Å²) in [5.74, 6) is 0.667. The standard InChI is InChI=1S/C17H28N2O/c1-14(2)18-11-16-8-4-5-9-17(16)19-10-6-7-15(12-19)13-20-3/h4-5,8-9,14-15,18H,6-7,10-13H2,1-3H3. The second-order valence-corrected chi connectivity index (χ2v) is 6.07. The zero-order chi connectivity index (χ0) is 14.4. The number of hydrogen-bond acceptors (Lipinski definition) is 3. The second-order valence-electron chi connectivity index (χ2n) is 6.07. The van der Waals surface area contributed by atoms with Gasteiger partial charge in [0.15, 0.2) is 0 Å². The van der Waals surface area contributed by atoms with E-state index in [2.05, 4.69) is 48.3 Å². The molecule has 1 atom stereocenters. The van der Waals surface area contributed by atoms with E-state index in [9.17, 15) is 0 Å². The number of hydrogen-bond donors (Lipinski definition) is 1. The van der Waals surface area contributed by atoms with Gasteiger partial charge in [-0.05, 0) is 30.4 Å². The highest BCUT2D eigenvalue weighted by molar-refractivity contribution is 5.54. The minimum atomic E-state index is 0.519. The Balaban J connectivity index is 2.06. The third-order valence-corrected chi connectivity index (χ3v) is 3.95. The first kappa shape index (κ1) is 15.3. The highest BCUT2D eigenvalue weighted by Gasteiger charge is 2.21. The predicted molar refractivity (Wildman–Crippen MR) is 85.2 cm³/mol. The molecule has 0 spiro atoms. The quantitative estimate of drug-likeness (QED) is 0.864. The SMILES string of the molecule is COCC1CCCN(c2ccccc2CNC(C)C)C1. The third-order valence-electron chi connectivity index (χ3n) is 3.95. The first-order valence-electron chi connectivity index (χ1n) is 7.76. The lowest BCUT2D eigenvalue weighted by Crippen LogP contribution is -2.38. The molecule has 1 aromatic rings. The monoisotopic (exact) mass is 276 g/mol. The van der Waals surface area contributed by atoms with E-state index in [1.807, 2.05) is 0 Å². The van der Waals surface area contributed by atoms with Gasteiger partial charge in [-0.3, -0.25) is 0 Å². The highest BCUT2D eigenvalue weighted by atomic mass is 16.5. The summed E-state index contributed by atoms with van der Waals surface area (Å²) in [4.78, 5) is 2.53. The Morgan fingerprint density at radius 2 is 2.15 bits per heavy atom. The third kappa shape index (κ3) is 4.22. The Labute approximate surface area is 123 Å². The molecule has 112 valence electrons. The number of anilines is 1. The van der Waals surface area contributed by atoms with Crippen molar-refractivity contribution in [2.75, 3.05) is 31.7 Å². The van der Waals surface area contributed by atoms with E-state index < -0.39 is 0 Å². The molecule has 20 heavy (non-hydrogen) atoms. The van der Waals surface area contributed by atoms with Gasteiger partial charge in [-0.2, -0.15) is 0 Å². The summed E-state index contributed by atoms with van der Waals surface area (Å²) in [6, 6.07) is 9.30. The lowest BCUT2D eigenvalue weighted by Gasteiger charge is -2.35. The Morgan fingerprint density at radius 3 is 2.90 bits per heavy atom. The molecule has 1 aliphatic rings. The van der Waals surface area contributed by atoms with Crippen molar-refractivity contribution < 1.29 is 4.74 Å². The molecule has 1 heterocycles. The molecule has 2 rings (SSSR count). The van der Waals surface area contributed by atoms with Crippen LogP contribution in [-0.2, 0) is 11.3 Å². The van der Waals surface area contributed by atoms with Crippen molar-refractivity contribution in [2.24, 2.45) is 5.92 Å². The number of methoxy groups -OCH3 is 1. The lowest BCUT2D eigenvalue weighted by molar-refractivity contribution is 0.143. The van der Waals surface area contributed by atoms with Crippen LogP contribution in [-0.4, -0.2) is 32.8 Å². The summed E-state index contributed by atoms with van der Waals surface area (Å²) in [7, 11) is 1.81. The van der Waals surface area contributed by atoms with Crippen molar-refractivity contribution in [2.45, 2.75) is 39.3 Å². The first-order chi connectivity index (χ1) is 9.70. The second kappa shape index (κ2) is 7.65. The molecule has 0 saturated carbocycles. The maximum atomic E-state index is 5.34. The molecule has 0 amide bonds. The molecule has 1 aromatic carbocycles. The fourth-order valence-electron chi connectivity index (χ4n) is 2.94. The summed E-state index contributed by atoms with van der Waals surface area (Å²) in [5.41, 5.74) is 2.79. The van der Waals surface area contributed by atoms with Crippen molar-refractivity contribution in [3.63, 3.8) is 0 Å². The van der Waals surface area contributed by atoms with Crippen LogP contribution in [0.25, 0.3) is 0 Å². The van der Waals surface area contributed by atoms with Gasteiger partial charge in [0.05, 0.1) is 6.61 Å². The minimum Gasteiger partial charge on any atom is -0.384 e. The molecular formula is C17H28N2O. The van der Waals surface area contributed by atoms with Crippen LogP contribution in [0.5, 0.6) is 0 Å². The molecule has 3 heteroatoms. The number of para-hydroxylation sites is 1. The van der Waals surface area contributed by atoms with Gasteiger partial charge >= 0.3 is 0 Å². The smallest absolute Gasteiger partial charge is 0.0507 e. The van der Waals surface area contributed by atoms with Gasteiger partial charge in [-0.15, -0.1) is 0 Å². The molecule has 0 aromatic heterocycles. The van der Waals surface area contributed by atoms with Crippen LogP contribution < -0.4 is 10.2 Å². The highest BCUT2D eigenvalue weighted by Crippen LogP contribution is 2.26. The van der Waals surface area contributed by atoms with Crippen LogP contribution in [0, 0.1) is 5.92 Å². The van der Waals surface area contributed by atoms with Gasteiger partial charge in [-0.1, -0.05) is 32.0 Å². The predicted octanol–water partition coefficient (Wildman–Crippen LogP) is 3.05. The van der Waals surface area contributed by atoms with Crippen LogP contribution in [0.2, 0.25) is 0 Å². The van der Waals surface area contributed by atoms with Crippen LogP contribution in [0.3, 0.4) is 0 Å². The molecule has 0 radical (unpaired) electrons. The largest absolute Gasteiger partial charge is 0.384 e. The Kier molecular flexibility index (Phi) is 5.86. The van der Waals surface area contributed by atoms with Gasteiger partial charge in [0, 0.05) is 38.5 Å². The Hall–Kier alpha value is -1.06. The number of nitrogens with one attached hydrogen (secondary N) is 1. The van der Waals surface area contributed by atoms with Gasteiger partial charge in [0.1, 0.15) is 0 Å². The van der Waals surface area contributed by atoms with E-state index in [0.29, 0.717) is 12.0 Å². The van der Waals surface area contributed by atoms with Gasteiger partial charge in [0.25, 0.3) is 0 Å². The Morgan fingerprint density at radius 1 is 1.35 bits per heavy atom. The van der Waals surface area contributed by atoms with E-state index in [-0.39, 0.29) is 0 Å². The van der Waals surface area contributed by atoms with Gasteiger partial charge in [-0.25, -0.2) is 0 Å². The molecule has 1 fully saturated rings. The summed E-state index contributed by atoms with van der Waals surface area (Å²) >= 11 is 0. The summed E-state index contributed by atoms with van der Waals surface area (Å²) in [6.45, 7) is 8.49. The maximum absolute atomic E-state index is 5.34. The van der Waals surface area contributed by atoms with E-state index in [4.69, 9.17) is 4.74 Å². The van der Waals surface area contributed by atoms with Crippen molar-refractivity contribution in [3.8, 4) is 0 Å². The molecular weight excluding hydrogens is 248 g/mol. The normalized spacial score (nSPS) is 19.6. The molecule has 1 N–H and O–H groups in total. The minimum absolute atomic E-state index is 0.519. The van der Waals surface area contributed by atoms with Gasteiger partial charge in [0.2, 0.25) is 0 Å². The molecule has 1 aliphatic heterocycles. The van der Waals surface area contributed by atoms with Crippen LogP contribution in [0.15, 0.2) is 24.3 Å². The average Bonchev–Trinajstić information content (AvgIpc) is 2.46. The van der Waals surface area contributed by atoms with Crippen molar-refractivity contribution in [1.82, 2.24) is 5.32 Å². The fourth-order valence-corrected chi connectivity index (χ4v) is 2.94. The maximum Gasteiger partial charge on any atom is 0.0507 e. The zero-order valence-corrected chi connectivity index (χ0v) is 13.1. The zero-order valence-electron chi connectivity index (χ0n) is 13.1. The lowest BCUT2D eigenvalue weighted by atomic mass is 9.97. The molecule has 3 nitrogen and oxygen atoms in total. The van der Waals surface area contributed by atoms with E-state index in [1.165, 1.54) is 30.6 Å². The average molecular weight is 276 g/mol. The Bertz CT molecular complexity index is 404. The summed E-state index contributed by atoms with van der Waals surface area (Å²) in [5, 5.41) is 3.53. The molecule has 1 saturated heterocycles. The topological polar surface area (TPSA) is 24.5 Å². The van der Waals surface area contributed by atoms with Gasteiger partial charge < -0.3 is 15.0 Å². The van der Waals surface area contributed by atoms with Crippen molar-refractivity contribution in [1.29, 1.82) is 0 Å². The van der Waals surface area contributed by atoms with E-state index in [1.54, 1.807) is 7.11 Å². The molecule has 0 aliphatic carbocycles. The number of rotatable bonds is 6. The van der Waals surface area contributed by atoms with Crippen molar-refractivity contribution in [3.05, 3.63) is 29.8 Å². The van der Waals surface area contributed by atoms with Crippen molar-refractivity contribution >= 4 is 5.69 Å². The molecule has 0 bridgehead atoms. The fraction of sp³-hybridized carbons (Fsp3) is 0.647. The van der Waals surface area contributed by atoms with Crippen LogP contribution in [0.1, 0.15) is 32.3 Å². The molecule has 1 unspecified atom stereocenters. The van der Waals surface area contributed by atoms with E-state index in [0.717, 1.165) is 19.7 Å². The summed E-state index contributed by atoms with van der Waals surface area (Å²) in [6.07, 6.45) is 2.55. The number of ether oxygens (including phenoxy) is 1. The van der Waals surface area contributed by atoms with Crippen LogP contribution >= 0.6 is 0 Å².